The molecule has 1 radical (unpaired) electrons. The zero-order valence-electron chi connectivity index (χ0n) is 9.03. The maximum absolute atomic E-state index is 13.2. The number of urea groups is 1. The highest BCUT2D eigenvalue weighted by Crippen LogP contribution is 2.40. The fraction of sp³-hybridized carbons (Fsp3) is 0.600. The minimum Gasteiger partial charge on any atom is -0.350 e. The van der Waals surface area contributed by atoms with Crippen LogP contribution in [0, 0.1) is 23.8 Å². The van der Waals surface area contributed by atoms with Crippen LogP contribution in [0.2, 0.25) is 0 Å². The second-order valence-corrected chi connectivity index (χ2v) is 4.02. The minimum atomic E-state index is -2.98. The van der Waals surface area contributed by atoms with Gasteiger partial charge in [-0.2, -0.15) is 10.2 Å². The molecule has 93 valence electrons. The van der Waals surface area contributed by atoms with E-state index in [1.54, 1.807) is 0 Å². The van der Waals surface area contributed by atoms with Crippen molar-refractivity contribution in [1.29, 1.82) is 5.26 Å². The number of rotatable bonds is 5. The molecule has 0 atom stereocenters. The Bertz CT molecular complexity index is 361. The number of primary amides is 1. The number of hydrogen-bond acceptors (Lipinski definition) is 3. The van der Waals surface area contributed by atoms with E-state index in [1.165, 1.54) is 6.19 Å². The van der Waals surface area contributed by atoms with Crippen LogP contribution >= 0.6 is 0 Å². The van der Waals surface area contributed by atoms with Gasteiger partial charge in [0.15, 0.2) is 6.19 Å². The van der Waals surface area contributed by atoms with E-state index in [2.05, 4.69) is 0 Å². The monoisotopic (exact) mass is 244 g/mol. The van der Waals surface area contributed by atoms with Crippen LogP contribution in [0.5, 0.6) is 0 Å². The van der Waals surface area contributed by atoms with Gasteiger partial charge in [0.1, 0.15) is 0 Å². The lowest BCUT2D eigenvalue weighted by atomic mass is 10.1. The summed E-state index contributed by atoms with van der Waals surface area (Å²) in [4.78, 5) is 21.8. The molecule has 1 aliphatic rings. The Hall–Kier alpha value is -1.71. The number of nitrogens with two attached hydrogens (primary N) is 1. The van der Waals surface area contributed by atoms with Crippen molar-refractivity contribution in [2.75, 3.05) is 0 Å². The summed E-state index contributed by atoms with van der Waals surface area (Å²) in [6, 6.07) is -1.28. The average molecular weight is 244 g/mol. The van der Waals surface area contributed by atoms with Crippen LogP contribution in [0.4, 0.5) is 13.6 Å². The smallest absolute Gasteiger partial charge is 0.335 e. The molecular formula is C10H12F2N3O2. The molecule has 0 unspecified atom stereocenters. The first-order chi connectivity index (χ1) is 7.85. The molecule has 1 fully saturated rings. The van der Waals surface area contributed by atoms with E-state index in [4.69, 9.17) is 11.0 Å². The van der Waals surface area contributed by atoms with E-state index in [0.29, 0.717) is 6.42 Å². The molecule has 0 heterocycles. The summed E-state index contributed by atoms with van der Waals surface area (Å²) in [7, 11) is 0. The SMILES string of the molecule is N#CN(C(N)=O)C(=O)[CH]CC(F)(F)CC1CC1. The Morgan fingerprint density at radius 2 is 2.12 bits per heavy atom. The molecule has 17 heavy (non-hydrogen) atoms. The zero-order chi connectivity index (χ0) is 13.1. The Kier molecular flexibility index (Phi) is 3.99. The summed E-state index contributed by atoms with van der Waals surface area (Å²) >= 11 is 0. The summed E-state index contributed by atoms with van der Waals surface area (Å²) < 4.78 is 26.5. The van der Waals surface area contributed by atoms with Gasteiger partial charge in [-0.1, -0.05) is 0 Å². The summed E-state index contributed by atoms with van der Waals surface area (Å²) in [6.07, 6.45) is 2.37. The largest absolute Gasteiger partial charge is 0.350 e. The van der Waals surface area contributed by atoms with Crippen LogP contribution in [0.15, 0.2) is 0 Å². The van der Waals surface area contributed by atoms with E-state index in [1.807, 2.05) is 0 Å². The summed E-state index contributed by atoms with van der Waals surface area (Å²) in [5.74, 6) is -4.07. The third-order valence-electron chi connectivity index (χ3n) is 2.40. The number of alkyl halides is 2. The maximum atomic E-state index is 13.2. The third kappa shape index (κ3) is 4.34. The molecule has 1 aliphatic carbocycles. The molecule has 0 saturated heterocycles. The second-order valence-electron chi connectivity index (χ2n) is 4.02. The van der Waals surface area contributed by atoms with Crippen molar-refractivity contribution in [3.8, 4) is 6.19 Å². The van der Waals surface area contributed by atoms with Gasteiger partial charge < -0.3 is 5.73 Å². The van der Waals surface area contributed by atoms with E-state index in [0.717, 1.165) is 12.8 Å². The predicted octanol–water partition coefficient (Wildman–Crippen LogP) is 1.40. The molecule has 0 aromatic rings. The van der Waals surface area contributed by atoms with E-state index < -0.39 is 24.3 Å². The van der Waals surface area contributed by atoms with Gasteiger partial charge in [0.05, 0.1) is 6.42 Å². The van der Waals surface area contributed by atoms with Gasteiger partial charge in [0.25, 0.3) is 0 Å². The fourth-order valence-electron chi connectivity index (χ4n) is 1.36. The highest BCUT2D eigenvalue weighted by molar-refractivity contribution is 5.99. The number of halogens is 2. The molecule has 1 saturated carbocycles. The normalized spacial score (nSPS) is 15.1. The van der Waals surface area contributed by atoms with Crippen molar-refractivity contribution in [1.82, 2.24) is 4.90 Å². The summed E-state index contributed by atoms with van der Waals surface area (Å²) in [5, 5.41) is 8.40. The first-order valence-corrected chi connectivity index (χ1v) is 5.10. The topological polar surface area (TPSA) is 87.2 Å². The summed E-state index contributed by atoms with van der Waals surface area (Å²) in [5.41, 5.74) is 4.71. The van der Waals surface area contributed by atoms with Crippen molar-refractivity contribution in [2.45, 2.75) is 31.6 Å². The van der Waals surface area contributed by atoms with Crippen molar-refractivity contribution < 1.29 is 18.4 Å². The van der Waals surface area contributed by atoms with E-state index in [-0.39, 0.29) is 17.2 Å². The lowest BCUT2D eigenvalue weighted by Crippen LogP contribution is -2.37. The van der Waals surface area contributed by atoms with Gasteiger partial charge in [0, 0.05) is 12.8 Å². The first-order valence-electron chi connectivity index (χ1n) is 5.10. The number of nitriles is 1. The summed E-state index contributed by atoms with van der Waals surface area (Å²) in [6.45, 7) is 0. The molecular weight excluding hydrogens is 232 g/mol. The van der Waals surface area contributed by atoms with Gasteiger partial charge in [-0.05, 0) is 18.8 Å². The van der Waals surface area contributed by atoms with Gasteiger partial charge in [-0.15, -0.1) is 0 Å². The number of nitrogens with zero attached hydrogens (tertiary/aromatic N) is 2. The first kappa shape index (κ1) is 13.4. The Labute approximate surface area is 97.2 Å². The highest BCUT2D eigenvalue weighted by atomic mass is 19.3. The molecule has 0 bridgehead atoms. The van der Waals surface area contributed by atoms with Crippen molar-refractivity contribution >= 4 is 11.9 Å². The number of hydrogen-bond donors (Lipinski definition) is 1. The Morgan fingerprint density at radius 3 is 2.53 bits per heavy atom. The average Bonchev–Trinajstić information content (AvgIpc) is 2.98. The minimum absolute atomic E-state index is 0.0247. The molecule has 0 spiro atoms. The highest BCUT2D eigenvalue weighted by Gasteiger charge is 2.38. The van der Waals surface area contributed by atoms with Gasteiger partial charge >= 0.3 is 6.03 Å². The number of amides is 3. The quantitative estimate of drug-likeness (QED) is 0.585. The van der Waals surface area contributed by atoms with E-state index in [9.17, 15) is 18.4 Å². The van der Waals surface area contributed by atoms with Crippen molar-refractivity contribution in [3.05, 3.63) is 6.42 Å². The second kappa shape index (κ2) is 5.08. The number of carbonyl (C=O) groups is 2. The number of imide groups is 1. The van der Waals surface area contributed by atoms with Crippen molar-refractivity contribution in [2.24, 2.45) is 11.7 Å². The molecule has 2 N–H and O–H groups in total. The Morgan fingerprint density at radius 1 is 1.53 bits per heavy atom. The predicted molar refractivity (Wildman–Crippen MR) is 53.2 cm³/mol. The molecule has 3 amide bonds. The molecule has 0 aliphatic heterocycles. The molecule has 5 nitrogen and oxygen atoms in total. The van der Waals surface area contributed by atoms with Gasteiger partial charge in [-0.25, -0.2) is 13.6 Å². The standard InChI is InChI=1S/C10H12F2N3O2/c11-10(12,5-7-1-2-7)4-3-8(16)15(6-13)9(14)17/h3,7H,1-2,4-5H2,(H2,14,17). The van der Waals surface area contributed by atoms with E-state index >= 15 is 0 Å². The van der Waals surface area contributed by atoms with Crippen LogP contribution < -0.4 is 5.73 Å². The maximum Gasteiger partial charge on any atom is 0.335 e. The van der Waals surface area contributed by atoms with Gasteiger partial charge in [0.2, 0.25) is 11.8 Å². The third-order valence-corrected chi connectivity index (χ3v) is 2.40. The molecule has 0 aromatic carbocycles. The van der Waals surface area contributed by atoms with Crippen LogP contribution in [0.25, 0.3) is 0 Å². The Balaban J connectivity index is 2.40. The lowest BCUT2D eigenvalue weighted by molar-refractivity contribution is -0.123. The van der Waals surface area contributed by atoms with Crippen LogP contribution in [-0.4, -0.2) is 22.8 Å². The molecule has 0 aromatic heterocycles. The molecule has 1 rings (SSSR count). The lowest BCUT2D eigenvalue weighted by Gasteiger charge is -2.16. The fourth-order valence-corrected chi connectivity index (χ4v) is 1.36. The zero-order valence-corrected chi connectivity index (χ0v) is 9.03. The number of carbonyl (C=O) groups excluding carboxylic acids is 2. The van der Waals surface area contributed by atoms with Crippen LogP contribution in [0.1, 0.15) is 25.7 Å². The van der Waals surface area contributed by atoms with Gasteiger partial charge in [-0.3, -0.25) is 4.79 Å². The van der Waals surface area contributed by atoms with Crippen LogP contribution in [-0.2, 0) is 4.79 Å². The van der Waals surface area contributed by atoms with Crippen LogP contribution in [0.3, 0.4) is 0 Å². The molecule has 7 heteroatoms. The van der Waals surface area contributed by atoms with Crippen molar-refractivity contribution in [3.63, 3.8) is 0 Å².